The number of aryl methyl sites for hydroxylation is 1. The Morgan fingerprint density at radius 3 is 2.93 bits per heavy atom. The summed E-state index contributed by atoms with van der Waals surface area (Å²) in [7, 11) is 0. The van der Waals surface area contributed by atoms with Crippen LogP contribution in [-0.4, -0.2) is 18.1 Å². The van der Waals surface area contributed by atoms with Gasteiger partial charge in [-0.05, 0) is 56.1 Å². The van der Waals surface area contributed by atoms with E-state index in [-0.39, 0.29) is 0 Å². The first-order chi connectivity index (χ1) is 7.24. The standard InChI is InChI=1S/C13H20N2/c1-4-14-7-5-6-12(3)13-8-11(2)9-15-10-13/h6,8-10,14H,4-5,7H2,1-3H3/b12-6-. The fourth-order valence-electron chi connectivity index (χ4n) is 1.46. The summed E-state index contributed by atoms with van der Waals surface area (Å²) < 4.78 is 0. The SMILES string of the molecule is CCNCC/C=C(/C)c1cncc(C)c1. The van der Waals surface area contributed by atoms with Crippen molar-refractivity contribution in [3.05, 3.63) is 35.7 Å². The number of aromatic nitrogens is 1. The van der Waals surface area contributed by atoms with Gasteiger partial charge >= 0.3 is 0 Å². The van der Waals surface area contributed by atoms with Crippen LogP contribution in [0.5, 0.6) is 0 Å². The van der Waals surface area contributed by atoms with E-state index in [1.807, 2.05) is 12.4 Å². The van der Waals surface area contributed by atoms with Crippen LogP contribution in [0.3, 0.4) is 0 Å². The summed E-state index contributed by atoms with van der Waals surface area (Å²) >= 11 is 0. The maximum absolute atomic E-state index is 4.19. The van der Waals surface area contributed by atoms with Gasteiger partial charge in [0.2, 0.25) is 0 Å². The third-order valence-electron chi connectivity index (χ3n) is 2.35. The molecule has 0 aliphatic heterocycles. The fraction of sp³-hybridized carbons (Fsp3) is 0.462. The zero-order chi connectivity index (χ0) is 11.1. The van der Waals surface area contributed by atoms with Gasteiger partial charge < -0.3 is 5.32 Å². The summed E-state index contributed by atoms with van der Waals surface area (Å²) in [6.45, 7) is 8.43. The van der Waals surface area contributed by atoms with Gasteiger partial charge in [-0.25, -0.2) is 0 Å². The van der Waals surface area contributed by atoms with E-state index in [0.29, 0.717) is 0 Å². The molecule has 0 radical (unpaired) electrons. The quantitative estimate of drug-likeness (QED) is 0.746. The van der Waals surface area contributed by atoms with E-state index in [9.17, 15) is 0 Å². The van der Waals surface area contributed by atoms with Gasteiger partial charge in [-0.15, -0.1) is 0 Å². The number of nitrogens with one attached hydrogen (secondary N) is 1. The molecule has 0 saturated carbocycles. The highest BCUT2D eigenvalue weighted by atomic mass is 14.8. The van der Waals surface area contributed by atoms with Crippen LogP contribution >= 0.6 is 0 Å². The topological polar surface area (TPSA) is 24.9 Å². The average molecular weight is 204 g/mol. The molecule has 1 heterocycles. The van der Waals surface area contributed by atoms with Crippen LogP contribution in [0.1, 0.15) is 31.4 Å². The van der Waals surface area contributed by atoms with Crippen molar-refractivity contribution < 1.29 is 0 Å². The molecule has 1 aromatic rings. The van der Waals surface area contributed by atoms with Crippen LogP contribution in [0.2, 0.25) is 0 Å². The van der Waals surface area contributed by atoms with Gasteiger partial charge in [-0.1, -0.05) is 13.0 Å². The second-order valence-corrected chi connectivity index (χ2v) is 3.78. The van der Waals surface area contributed by atoms with Gasteiger partial charge in [0, 0.05) is 12.4 Å². The first-order valence-electron chi connectivity index (χ1n) is 5.53. The highest BCUT2D eigenvalue weighted by Gasteiger charge is 1.95. The average Bonchev–Trinajstić information content (AvgIpc) is 2.24. The van der Waals surface area contributed by atoms with Gasteiger partial charge in [-0.3, -0.25) is 4.98 Å². The van der Waals surface area contributed by atoms with E-state index in [2.05, 4.69) is 43.2 Å². The maximum atomic E-state index is 4.19. The molecule has 0 spiro atoms. The smallest absolute Gasteiger partial charge is 0.0343 e. The fourth-order valence-corrected chi connectivity index (χ4v) is 1.46. The molecule has 0 aliphatic carbocycles. The van der Waals surface area contributed by atoms with E-state index in [0.717, 1.165) is 19.5 Å². The van der Waals surface area contributed by atoms with Gasteiger partial charge in [0.25, 0.3) is 0 Å². The molecule has 15 heavy (non-hydrogen) atoms. The third-order valence-corrected chi connectivity index (χ3v) is 2.35. The molecule has 0 aliphatic rings. The molecule has 0 atom stereocenters. The zero-order valence-electron chi connectivity index (χ0n) is 9.88. The summed E-state index contributed by atoms with van der Waals surface area (Å²) in [6, 6.07) is 2.17. The van der Waals surface area contributed by atoms with Crippen molar-refractivity contribution in [2.75, 3.05) is 13.1 Å². The van der Waals surface area contributed by atoms with Gasteiger partial charge in [-0.2, -0.15) is 0 Å². The van der Waals surface area contributed by atoms with Crippen LogP contribution in [0.25, 0.3) is 5.57 Å². The summed E-state index contributed by atoms with van der Waals surface area (Å²) in [4.78, 5) is 4.19. The number of hydrogen-bond donors (Lipinski definition) is 1. The summed E-state index contributed by atoms with van der Waals surface area (Å²) in [6.07, 6.45) is 7.15. The molecule has 82 valence electrons. The second kappa shape index (κ2) is 6.36. The highest BCUT2D eigenvalue weighted by Crippen LogP contribution is 2.13. The molecule has 1 N–H and O–H groups in total. The molecular formula is C13H20N2. The summed E-state index contributed by atoms with van der Waals surface area (Å²) in [5.74, 6) is 0. The lowest BCUT2D eigenvalue weighted by molar-refractivity contribution is 0.727. The minimum absolute atomic E-state index is 1.04. The third kappa shape index (κ3) is 4.26. The molecule has 0 saturated heterocycles. The van der Waals surface area contributed by atoms with Gasteiger partial charge in [0.15, 0.2) is 0 Å². The van der Waals surface area contributed by atoms with E-state index in [1.165, 1.54) is 16.7 Å². The lowest BCUT2D eigenvalue weighted by Gasteiger charge is -2.03. The van der Waals surface area contributed by atoms with Gasteiger partial charge in [0.05, 0.1) is 0 Å². The molecule has 0 fully saturated rings. The molecule has 2 heteroatoms. The zero-order valence-corrected chi connectivity index (χ0v) is 9.88. The normalized spacial score (nSPS) is 11.8. The van der Waals surface area contributed by atoms with Crippen molar-refractivity contribution in [2.24, 2.45) is 0 Å². The Morgan fingerprint density at radius 2 is 2.27 bits per heavy atom. The van der Waals surface area contributed by atoms with Crippen molar-refractivity contribution in [3.8, 4) is 0 Å². The Balaban J connectivity index is 2.55. The number of rotatable bonds is 5. The maximum Gasteiger partial charge on any atom is 0.0343 e. The Morgan fingerprint density at radius 1 is 1.47 bits per heavy atom. The van der Waals surface area contributed by atoms with E-state index in [1.54, 1.807) is 0 Å². The molecule has 0 unspecified atom stereocenters. The Kier molecular flexibility index (Phi) is 5.05. The first-order valence-corrected chi connectivity index (χ1v) is 5.53. The van der Waals surface area contributed by atoms with Crippen molar-refractivity contribution in [2.45, 2.75) is 27.2 Å². The van der Waals surface area contributed by atoms with Crippen molar-refractivity contribution in [1.82, 2.24) is 10.3 Å². The monoisotopic (exact) mass is 204 g/mol. The van der Waals surface area contributed by atoms with E-state index < -0.39 is 0 Å². The second-order valence-electron chi connectivity index (χ2n) is 3.78. The molecule has 2 nitrogen and oxygen atoms in total. The van der Waals surface area contributed by atoms with Crippen LogP contribution in [-0.2, 0) is 0 Å². The Bertz CT molecular complexity index is 329. The van der Waals surface area contributed by atoms with Crippen LogP contribution in [0, 0.1) is 6.92 Å². The van der Waals surface area contributed by atoms with Crippen LogP contribution in [0.15, 0.2) is 24.5 Å². The summed E-state index contributed by atoms with van der Waals surface area (Å²) in [5, 5.41) is 3.31. The highest BCUT2D eigenvalue weighted by molar-refractivity contribution is 5.63. The largest absolute Gasteiger partial charge is 0.317 e. The van der Waals surface area contributed by atoms with Crippen LogP contribution in [0.4, 0.5) is 0 Å². The van der Waals surface area contributed by atoms with Crippen molar-refractivity contribution >= 4 is 5.57 Å². The van der Waals surface area contributed by atoms with Gasteiger partial charge in [0.1, 0.15) is 0 Å². The Labute approximate surface area is 92.4 Å². The predicted octanol–water partition coefficient (Wildman–Crippen LogP) is 2.79. The summed E-state index contributed by atoms with van der Waals surface area (Å²) in [5.41, 5.74) is 3.75. The number of nitrogens with zero attached hydrogens (tertiary/aromatic N) is 1. The number of allylic oxidation sites excluding steroid dienone is 1. The molecule has 0 amide bonds. The molecule has 1 rings (SSSR count). The van der Waals surface area contributed by atoms with Crippen LogP contribution < -0.4 is 5.32 Å². The predicted molar refractivity (Wildman–Crippen MR) is 65.8 cm³/mol. The lowest BCUT2D eigenvalue weighted by Crippen LogP contribution is -2.13. The van der Waals surface area contributed by atoms with E-state index in [4.69, 9.17) is 0 Å². The number of hydrogen-bond acceptors (Lipinski definition) is 2. The minimum Gasteiger partial charge on any atom is -0.317 e. The van der Waals surface area contributed by atoms with E-state index >= 15 is 0 Å². The lowest BCUT2D eigenvalue weighted by atomic mass is 10.1. The van der Waals surface area contributed by atoms with Crippen molar-refractivity contribution in [3.63, 3.8) is 0 Å². The number of pyridine rings is 1. The Hall–Kier alpha value is -1.15. The molecule has 0 aromatic carbocycles. The molecule has 1 aromatic heterocycles. The van der Waals surface area contributed by atoms with Crippen molar-refractivity contribution in [1.29, 1.82) is 0 Å². The molecular weight excluding hydrogens is 184 g/mol. The molecule has 0 bridgehead atoms. The first kappa shape index (κ1) is 11.9. The minimum atomic E-state index is 1.04.